The van der Waals surface area contributed by atoms with Crippen molar-refractivity contribution in [3.63, 3.8) is 0 Å². The molecule has 6 rings (SSSR count). The van der Waals surface area contributed by atoms with E-state index in [1.54, 1.807) is 18.9 Å². The highest BCUT2D eigenvalue weighted by Crippen LogP contribution is 2.57. The molecule has 2 fully saturated rings. The van der Waals surface area contributed by atoms with E-state index in [2.05, 4.69) is 4.90 Å². The summed E-state index contributed by atoms with van der Waals surface area (Å²) in [7, 11) is 3.50. The lowest BCUT2D eigenvalue weighted by atomic mass is 9.57. The van der Waals surface area contributed by atoms with E-state index in [9.17, 15) is 34.8 Å². The van der Waals surface area contributed by atoms with Gasteiger partial charge in [0.2, 0.25) is 5.78 Å². The molecule has 5 aliphatic rings. The number of amides is 1. The first-order valence-corrected chi connectivity index (χ1v) is 13.3. The van der Waals surface area contributed by atoms with Gasteiger partial charge in [0.1, 0.15) is 28.7 Å². The molecular weight excluding hydrogens is 509 g/mol. The zero-order valence-electron chi connectivity index (χ0n) is 22.0. The molecule has 39 heavy (non-hydrogen) atoms. The molecule has 0 aromatic heterocycles. The summed E-state index contributed by atoms with van der Waals surface area (Å²) >= 11 is 0. The molecule has 1 saturated heterocycles. The van der Waals surface area contributed by atoms with E-state index in [0.717, 1.165) is 13.0 Å². The number of carbonyl (C=O) groups excluding carboxylic acids is 3. The third-order valence-electron chi connectivity index (χ3n) is 9.92. The Kier molecular flexibility index (Phi) is 5.57. The molecule has 0 spiro atoms. The Bertz CT molecular complexity index is 1430. The van der Waals surface area contributed by atoms with Gasteiger partial charge in [-0.05, 0) is 64.7 Å². The maximum absolute atomic E-state index is 16.2. The van der Waals surface area contributed by atoms with E-state index >= 15 is 4.39 Å². The monoisotopic (exact) mass is 541 g/mol. The fourth-order valence-electron chi connectivity index (χ4n) is 7.99. The van der Waals surface area contributed by atoms with Crippen LogP contribution in [0.2, 0.25) is 0 Å². The molecule has 4 aliphatic carbocycles. The summed E-state index contributed by atoms with van der Waals surface area (Å²) in [6, 6.07) is -1.35. The van der Waals surface area contributed by atoms with Gasteiger partial charge in [0.15, 0.2) is 11.4 Å². The highest BCUT2D eigenvalue weighted by Gasteiger charge is 2.64. The Morgan fingerprint density at radius 2 is 1.90 bits per heavy atom. The van der Waals surface area contributed by atoms with Gasteiger partial charge in [0.05, 0.1) is 11.6 Å². The number of aliphatic hydroxyl groups excluding tert-OH is 2. The number of likely N-dealkylation sites (N-methyl/N-ethyl adjacent to an activating group) is 1. The molecule has 10 nitrogen and oxygen atoms in total. The molecule has 0 bridgehead atoms. The Balaban J connectivity index is 1.56. The first-order chi connectivity index (χ1) is 18.4. The van der Waals surface area contributed by atoms with Crippen LogP contribution >= 0.6 is 0 Å². The lowest BCUT2D eigenvalue weighted by molar-refractivity contribution is -0.154. The normalized spacial score (nSPS) is 33.7. The summed E-state index contributed by atoms with van der Waals surface area (Å²) in [4.78, 5) is 43.1. The number of Topliss-reactive ketones (excluding diaryl/α,β-unsaturated/α-hetero) is 2. The number of primary amides is 1. The van der Waals surface area contributed by atoms with Crippen molar-refractivity contribution in [1.82, 2.24) is 9.80 Å². The summed E-state index contributed by atoms with van der Waals surface area (Å²) in [6.45, 7) is 2.87. The fraction of sp³-hybridized carbons (Fsp3) is 0.536. The van der Waals surface area contributed by atoms with E-state index < -0.39 is 63.9 Å². The zero-order chi connectivity index (χ0) is 28.3. The molecule has 6 N–H and O–H groups in total. The van der Waals surface area contributed by atoms with E-state index in [1.807, 2.05) is 7.05 Å². The van der Waals surface area contributed by atoms with Crippen LogP contribution in [0.3, 0.4) is 0 Å². The van der Waals surface area contributed by atoms with Gasteiger partial charge in [-0.1, -0.05) is 6.92 Å². The minimum atomic E-state index is -2.71. The lowest BCUT2D eigenvalue weighted by Gasteiger charge is -2.50. The van der Waals surface area contributed by atoms with Gasteiger partial charge < -0.3 is 26.2 Å². The third-order valence-corrected chi connectivity index (χ3v) is 9.92. The molecule has 1 aromatic rings. The Morgan fingerprint density at radius 1 is 1.21 bits per heavy atom. The quantitative estimate of drug-likeness (QED) is 0.352. The van der Waals surface area contributed by atoms with Crippen LogP contribution in [0.4, 0.5) is 4.39 Å². The van der Waals surface area contributed by atoms with Crippen LogP contribution in [-0.4, -0.2) is 86.5 Å². The standard InChI is InChI=1S/C28H32FN3O7/c1-4-31(2)21-14-9-11-8-12-17(22(33)13-7-10-5-6-32(3)20(10)16(13)19(12)29)23(34)15(11)25(36)28(14,39)26(37)18(24(21)35)27(30)38/h10-11,14,20-21,33-34,37,39H,4-9H2,1-3H3,(H2,30,38)/t10?,11-,14-,20?,21-,28-/m0/s1. The fourth-order valence-corrected chi connectivity index (χ4v) is 7.99. The van der Waals surface area contributed by atoms with Crippen LogP contribution in [-0.2, 0) is 27.2 Å². The number of likely N-dealkylation sites (tertiary alicyclic amines) is 1. The number of rotatable bonds is 3. The van der Waals surface area contributed by atoms with E-state index in [4.69, 9.17) is 5.73 Å². The van der Waals surface area contributed by atoms with Crippen molar-refractivity contribution in [2.24, 2.45) is 23.5 Å². The molecule has 1 saturated carbocycles. The van der Waals surface area contributed by atoms with Gasteiger partial charge in [-0.2, -0.15) is 0 Å². The van der Waals surface area contributed by atoms with Crippen LogP contribution in [0.1, 0.15) is 48.1 Å². The van der Waals surface area contributed by atoms with Crippen LogP contribution in [0.5, 0.6) is 5.75 Å². The summed E-state index contributed by atoms with van der Waals surface area (Å²) in [5, 5.41) is 45.4. The van der Waals surface area contributed by atoms with Crippen molar-refractivity contribution in [2.75, 3.05) is 27.2 Å². The number of phenols is 1. The van der Waals surface area contributed by atoms with E-state index in [0.29, 0.717) is 24.1 Å². The van der Waals surface area contributed by atoms with Crippen molar-refractivity contribution in [3.05, 3.63) is 45.0 Å². The number of hydrogen-bond acceptors (Lipinski definition) is 9. The Hall–Kier alpha value is -3.28. The van der Waals surface area contributed by atoms with Crippen LogP contribution in [0.25, 0.3) is 5.76 Å². The smallest absolute Gasteiger partial charge is 0.255 e. The van der Waals surface area contributed by atoms with Gasteiger partial charge in [0, 0.05) is 34.2 Å². The Morgan fingerprint density at radius 3 is 2.54 bits per heavy atom. The number of nitrogens with zero attached hydrogens (tertiary/aromatic N) is 2. The number of carbonyl (C=O) groups is 3. The van der Waals surface area contributed by atoms with Crippen LogP contribution in [0.15, 0.2) is 16.9 Å². The first-order valence-electron chi connectivity index (χ1n) is 13.3. The number of ketones is 2. The average molecular weight is 542 g/mol. The number of hydrogen-bond donors (Lipinski definition) is 5. The predicted octanol–water partition coefficient (Wildman–Crippen LogP) is 1.04. The predicted molar refractivity (Wildman–Crippen MR) is 136 cm³/mol. The number of halogens is 1. The van der Waals surface area contributed by atoms with E-state index in [1.165, 1.54) is 0 Å². The summed E-state index contributed by atoms with van der Waals surface area (Å²) in [5.74, 6) is -7.65. The van der Waals surface area contributed by atoms with Crippen molar-refractivity contribution in [3.8, 4) is 5.75 Å². The highest BCUT2D eigenvalue weighted by molar-refractivity contribution is 6.24. The van der Waals surface area contributed by atoms with Gasteiger partial charge in [-0.3, -0.25) is 24.2 Å². The molecule has 0 radical (unpaired) electrons. The summed E-state index contributed by atoms with van der Waals surface area (Å²) < 4.78 is 16.2. The molecular formula is C28H32FN3O7. The minimum absolute atomic E-state index is 0.0509. The number of nitrogens with two attached hydrogens (primary N) is 1. The molecule has 1 aromatic carbocycles. The van der Waals surface area contributed by atoms with Gasteiger partial charge >= 0.3 is 0 Å². The number of aliphatic hydroxyl groups is 3. The SMILES string of the molecule is CCN(C)[C@@H]1C(=O)C(C(N)=O)=C(O)[C@@]2(O)C(=O)C3=C(O)c4c(O)c5c(c(F)c4C[C@H]3C[C@@H]12)C1C(CCN1C)C5. The molecule has 208 valence electrons. The van der Waals surface area contributed by atoms with Gasteiger partial charge in [-0.25, -0.2) is 4.39 Å². The largest absolute Gasteiger partial charge is 0.508 e. The molecule has 1 heterocycles. The molecule has 1 aliphatic heterocycles. The van der Waals surface area contributed by atoms with Crippen LogP contribution < -0.4 is 5.73 Å². The van der Waals surface area contributed by atoms with Crippen molar-refractivity contribution in [1.29, 1.82) is 0 Å². The highest BCUT2D eigenvalue weighted by atomic mass is 19.1. The number of fused-ring (bicyclic) bond motifs is 6. The second kappa shape index (κ2) is 8.36. The van der Waals surface area contributed by atoms with Crippen LogP contribution in [0, 0.1) is 23.6 Å². The van der Waals surface area contributed by atoms with Crippen molar-refractivity contribution < 1.29 is 39.2 Å². The summed E-state index contributed by atoms with van der Waals surface area (Å²) in [6.07, 6.45) is 1.16. The maximum atomic E-state index is 16.2. The second-order valence-electron chi connectivity index (χ2n) is 11.7. The molecule has 11 heteroatoms. The topological polar surface area (TPSA) is 165 Å². The van der Waals surface area contributed by atoms with Gasteiger partial charge in [0.25, 0.3) is 5.91 Å². The zero-order valence-corrected chi connectivity index (χ0v) is 22.0. The third kappa shape index (κ3) is 3.09. The minimum Gasteiger partial charge on any atom is -0.508 e. The van der Waals surface area contributed by atoms with E-state index in [-0.39, 0.29) is 47.3 Å². The lowest BCUT2D eigenvalue weighted by Crippen LogP contribution is -2.66. The molecule has 6 atom stereocenters. The van der Waals surface area contributed by atoms with Crippen molar-refractivity contribution in [2.45, 2.75) is 50.3 Å². The number of benzene rings is 1. The van der Waals surface area contributed by atoms with Gasteiger partial charge in [-0.15, -0.1) is 0 Å². The second-order valence-corrected chi connectivity index (χ2v) is 11.7. The van der Waals surface area contributed by atoms with Crippen molar-refractivity contribution >= 4 is 23.2 Å². The average Bonchev–Trinajstić information content (AvgIpc) is 3.44. The Labute approximate surface area is 224 Å². The number of phenolic OH excluding ortho intramolecular Hbond substituents is 1. The maximum Gasteiger partial charge on any atom is 0.255 e. The first kappa shape index (κ1) is 26.0. The molecule has 2 unspecified atom stereocenters. The summed E-state index contributed by atoms with van der Waals surface area (Å²) in [5.41, 5.74) is 2.29. The molecule has 1 amide bonds. The number of aromatic hydroxyl groups is 1.